The van der Waals surface area contributed by atoms with Crippen LogP contribution in [0.4, 0.5) is 5.82 Å². The Balaban J connectivity index is 2.28. The first-order valence-corrected chi connectivity index (χ1v) is 6.95. The van der Waals surface area contributed by atoms with Crippen LogP contribution in [0.25, 0.3) is 5.82 Å². The first kappa shape index (κ1) is 15.0. The SMILES string of the molecule is CCCNc1ncnc(-n2cc(C(=O)OCC)cn2)c1C. The topological polar surface area (TPSA) is 81.9 Å². The zero-order valence-electron chi connectivity index (χ0n) is 12.5. The van der Waals surface area contributed by atoms with E-state index in [1.165, 1.54) is 12.5 Å². The second-order valence-electron chi connectivity index (χ2n) is 4.49. The minimum atomic E-state index is -0.389. The predicted octanol–water partition coefficient (Wildman–Crippen LogP) is 1.97. The highest BCUT2D eigenvalue weighted by molar-refractivity contribution is 5.88. The van der Waals surface area contributed by atoms with E-state index in [2.05, 4.69) is 27.3 Å². The van der Waals surface area contributed by atoms with Crippen LogP contribution < -0.4 is 5.32 Å². The lowest BCUT2D eigenvalue weighted by atomic mass is 10.3. The summed E-state index contributed by atoms with van der Waals surface area (Å²) in [5, 5.41) is 7.41. The van der Waals surface area contributed by atoms with Gasteiger partial charge in [0, 0.05) is 18.3 Å². The van der Waals surface area contributed by atoms with E-state index in [-0.39, 0.29) is 5.97 Å². The molecule has 0 aromatic carbocycles. The summed E-state index contributed by atoms with van der Waals surface area (Å²) in [6, 6.07) is 0. The van der Waals surface area contributed by atoms with Crippen molar-refractivity contribution in [2.75, 3.05) is 18.5 Å². The smallest absolute Gasteiger partial charge is 0.341 e. The Bertz CT molecular complexity index is 624. The molecule has 2 aromatic heterocycles. The van der Waals surface area contributed by atoms with Crippen molar-refractivity contribution in [3.63, 3.8) is 0 Å². The van der Waals surface area contributed by atoms with Gasteiger partial charge in [-0.1, -0.05) is 6.92 Å². The number of hydrogen-bond donors (Lipinski definition) is 1. The van der Waals surface area contributed by atoms with E-state index >= 15 is 0 Å². The number of nitrogens with one attached hydrogen (secondary N) is 1. The molecule has 0 radical (unpaired) electrons. The van der Waals surface area contributed by atoms with Crippen molar-refractivity contribution in [3.8, 4) is 5.82 Å². The summed E-state index contributed by atoms with van der Waals surface area (Å²) in [6.45, 7) is 6.94. The fourth-order valence-electron chi connectivity index (χ4n) is 1.85. The molecular weight excluding hydrogens is 270 g/mol. The number of anilines is 1. The van der Waals surface area contributed by atoms with E-state index in [4.69, 9.17) is 4.74 Å². The van der Waals surface area contributed by atoms with Crippen molar-refractivity contribution in [3.05, 3.63) is 29.8 Å². The Labute approximate surface area is 123 Å². The Morgan fingerprint density at radius 2 is 2.19 bits per heavy atom. The fraction of sp³-hybridized carbons (Fsp3) is 0.429. The quantitative estimate of drug-likeness (QED) is 0.819. The second-order valence-corrected chi connectivity index (χ2v) is 4.49. The third-order valence-corrected chi connectivity index (χ3v) is 2.91. The molecule has 0 aliphatic rings. The lowest BCUT2D eigenvalue weighted by molar-refractivity contribution is 0.0526. The standard InChI is InChI=1S/C14H19N5O2/c1-4-6-15-12-10(3)13(17-9-16-12)19-8-11(7-18-19)14(20)21-5-2/h7-9H,4-6H2,1-3H3,(H,15,16,17). The van der Waals surface area contributed by atoms with Gasteiger partial charge in [0.15, 0.2) is 5.82 Å². The molecule has 1 N–H and O–H groups in total. The Hall–Kier alpha value is -2.44. The van der Waals surface area contributed by atoms with Crippen LogP contribution in [-0.2, 0) is 4.74 Å². The highest BCUT2D eigenvalue weighted by Gasteiger charge is 2.13. The molecule has 2 rings (SSSR count). The zero-order valence-corrected chi connectivity index (χ0v) is 12.5. The van der Waals surface area contributed by atoms with E-state index < -0.39 is 0 Å². The van der Waals surface area contributed by atoms with Crippen LogP contribution in [0, 0.1) is 6.92 Å². The van der Waals surface area contributed by atoms with Crippen molar-refractivity contribution < 1.29 is 9.53 Å². The van der Waals surface area contributed by atoms with Crippen LogP contribution in [0.2, 0.25) is 0 Å². The highest BCUT2D eigenvalue weighted by Crippen LogP contribution is 2.17. The van der Waals surface area contributed by atoms with Gasteiger partial charge in [0.25, 0.3) is 0 Å². The van der Waals surface area contributed by atoms with Gasteiger partial charge in [0.05, 0.1) is 18.4 Å². The van der Waals surface area contributed by atoms with E-state index in [0.717, 1.165) is 24.3 Å². The molecule has 0 unspecified atom stereocenters. The average Bonchev–Trinajstić information content (AvgIpc) is 2.96. The lowest BCUT2D eigenvalue weighted by Crippen LogP contribution is -2.09. The number of carbonyl (C=O) groups excluding carboxylic acids is 1. The predicted molar refractivity (Wildman–Crippen MR) is 78.6 cm³/mol. The maximum atomic E-state index is 11.7. The van der Waals surface area contributed by atoms with Crippen molar-refractivity contribution in [2.45, 2.75) is 27.2 Å². The fourth-order valence-corrected chi connectivity index (χ4v) is 1.85. The van der Waals surface area contributed by atoms with Gasteiger partial charge in [-0.2, -0.15) is 5.10 Å². The Morgan fingerprint density at radius 1 is 1.38 bits per heavy atom. The summed E-state index contributed by atoms with van der Waals surface area (Å²) >= 11 is 0. The van der Waals surface area contributed by atoms with Crippen molar-refractivity contribution >= 4 is 11.8 Å². The first-order chi connectivity index (χ1) is 10.2. The third kappa shape index (κ3) is 3.36. The molecule has 0 bridgehead atoms. The van der Waals surface area contributed by atoms with Crippen LogP contribution in [0.1, 0.15) is 36.2 Å². The molecule has 0 aliphatic heterocycles. The van der Waals surface area contributed by atoms with Gasteiger partial charge in [-0.25, -0.2) is 19.4 Å². The summed E-state index contributed by atoms with van der Waals surface area (Å²) < 4.78 is 6.50. The van der Waals surface area contributed by atoms with E-state index in [9.17, 15) is 4.79 Å². The number of ether oxygens (including phenoxy) is 1. The van der Waals surface area contributed by atoms with Crippen LogP contribution in [0.15, 0.2) is 18.7 Å². The molecule has 0 amide bonds. The third-order valence-electron chi connectivity index (χ3n) is 2.91. The summed E-state index contributed by atoms with van der Waals surface area (Å²) in [6.07, 6.45) is 5.56. The van der Waals surface area contributed by atoms with Gasteiger partial charge >= 0.3 is 5.97 Å². The number of carbonyl (C=O) groups is 1. The molecule has 0 saturated carbocycles. The molecule has 0 saturated heterocycles. The monoisotopic (exact) mass is 289 g/mol. The van der Waals surface area contributed by atoms with E-state index in [1.807, 2.05) is 6.92 Å². The minimum Gasteiger partial charge on any atom is -0.462 e. The molecule has 0 spiro atoms. The molecule has 21 heavy (non-hydrogen) atoms. The normalized spacial score (nSPS) is 10.4. The number of aromatic nitrogens is 4. The summed E-state index contributed by atoms with van der Waals surface area (Å²) in [5.74, 6) is 1.02. The second kappa shape index (κ2) is 6.83. The molecule has 2 heterocycles. The lowest BCUT2D eigenvalue weighted by Gasteiger charge is -2.10. The van der Waals surface area contributed by atoms with E-state index in [0.29, 0.717) is 18.0 Å². The maximum Gasteiger partial charge on any atom is 0.341 e. The van der Waals surface area contributed by atoms with Crippen LogP contribution in [-0.4, -0.2) is 38.9 Å². The molecule has 2 aromatic rings. The van der Waals surface area contributed by atoms with Crippen LogP contribution >= 0.6 is 0 Å². The van der Waals surface area contributed by atoms with Gasteiger partial charge in [0.2, 0.25) is 0 Å². The number of hydrogen-bond acceptors (Lipinski definition) is 6. The van der Waals surface area contributed by atoms with Gasteiger partial charge in [-0.15, -0.1) is 0 Å². The van der Waals surface area contributed by atoms with Crippen molar-refractivity contribution in [2.24, 2.45) is 0 Å². The van der Waals surface area contributed by atoms with Crippen LogP contribution in [0.5, 0.6) is 0 Å². The molecule has 0 aliphatic carbocycles. The summed E-state index contributed by atoms with van der Waals surface area (Å²) in [4.78, 5) is 20.1. The largest absolute Gasteiger partial charge is 0.462 e. The summed E-state index contributed by atoms with van der Waals surface area (Å²) in [7, 11) is 0. The highest BCUT2D eigenvalue weighted by atomic mass is 16.5. The van der Waals surface area contributed by atoms with Crippen LogP contribution in [0.3, 0.4) is 0 Å². The van der Waals surface area contributed by atoms with Gasteiger partial charge in [0.1, 0.15) is 12.1 Å². The molecule has 112 valence electrons. The zero-order chi connectivity index (χ0) is 15.2. The number of nitrogens with zero attached hydrogens (tertiary/aromatic N) is 4. The Morgan fingerprint density at radius 3 is 2.90 bits per heavy atom. The molecule has 7 heteroatoms. The molecule has 0 atom stereocenters. The number of esters is 1. The van der Waals surface area contributed by atoms with Crippen molar-refractivity contribution in [1.82, 2.24) is 19.7 Å². The number of rotatable bonds is 6. The van der Waals surface area contributed by atoms with E-state index in [1.54, 1.807) is 17.8 Å². The van der Waals surface area contributed by atoms with Gasteiger partial charge < -0.3 is 10.1 Å². The molecular formula is C14H19N5O2. The first-order valence-electron chi connectivity index (χ1n) is 6.95. The Kier molecular flexibility index (Phi) is 4.86. The minimum absolute atomic E-state index is 0.335. The maximum absolute atomic E-state index is 11.7. The van der Waals surface area contributed by atoms with Gasteiger partial charge in [-0.05, 0) is 20.3 Å². The van der Waals surface area contributed by atoms with Gasteiger partial charge in [-0.3, -0.25) is 0 Å². The van der Waals surface area contributed by atoms with Crippen molar-refractivity contribution in [1.29, 1.82) is 0 Å². The average molecular weight is 289 g/mol. The molecule has 7 nitrogen and oxygen atoms in total. The molecule has 0 fully saturated rings. The summed E-state index contributed by atoms with van der Waals surface area (Å²) in [5.41, 5.74) is 1.28.